The molecule has 0 amide bonds. The summed E-state index contributed by atoms with van der Waals surface area (Å²) in [5.41, 5.74) is 7.02. The lowest BCUT2D eigenvalue weighted by Gasteiger charge is -2.38. The van der Waals surface area contributed by atoms with Gasteiger partial charge in [0.25, 0.3) is 0 Å². The lowest BCUT2D eigenvalue weighted by atomic mass is 9.91. The number of nitrogens with zero attached hydrogens (tertiary/aromatic N) is 1. The Balaban J connectivity index is 2.07. The van der Waals surface area contributed by atoms with Crippen LogP contribution in [0, 0.1) is 5.82 Å². The zero-order valence-electron chi connectivity index (χ0n) is 11.7. The van der Waals surface area contributed by atoms with Gasteiger partial charge in [0.15, 0.2) is 0 Å². The maximum Gasteiger partial charge on any atom is 0.123 e. The lowest BCUT2D eigenvalue weighted by molar-refractivity contribution is 0.0802. The van der Waals surface area contributed by atoms with E-state index in [1.54, 1.807) is 7.11 Å². The Morgan fingerprint density at radius 2 is 2.11 bits per heavy atom. The highest BCUT2D eigenvalue weighted by Crippen LogP contribution is 2.25. The number of hydrogen-bond acceptors (Lipinski definition) is 3. The van der Waals surface area contributed by atoms with Crippen molar-refractivity contribution in [3.8, 4) is 0 Å². The molecule has 106 valence electrons. The molecule has 0 spiro atoms. The molecule has 1 aromatic rings. The number of likely N-dealkylation sites (tertiary alicyclic amines) is 1. The molecule has 0 bridgehead atoms. The third-order valence-electron chi connectivity index (χ3n) is 4.18. The Bertz CT molecular complexity index is 409. The molecule has 2 N–H and O–H groups in total. The van der Waals surface area contributed by atoms with Crippen LogP contribution in [0.2, 0.25) is 0 Å². The van der Waals surface area contributed by atoms with E-state index >= 15 is 0 Å². The maximum atomic E-state index is 12.9. The van der Waals surface area contributed by atoms with E-state index in [2.05, 4.69) is 11.8 Å². The molecule has 2 rings (SSSR count). The zero-order chi connectivity index (χ0) is 13.9. The highest BCUT2D eigenvalue weighted by molar-refractivity contribution is 5.19. The van der Waals surface area contributed by atoms with Crippen LogP contribution < -0.4 is 5.73 Å². The first-order valence-electron chi connectivity index (χ1n) is 6.80. The molecule has 4 heteroatoms. The van der Waals surface area contributed by atoms with Gasteiger partial charge in [-0.15, -0.1) is 0 Å². The second-order valence-corrected chi connectivity index (χ2v) is 5.60. The van der Waals surface area contributed by atoms with Crippen LogP contribution in [0.1, 0.15) is 18.9 Å². The van der Waals surface area contributed by atoms with Crippen molar-refractivity contribution in [3.63, 3.8) is 0 Å². The highest BCUT2D eigenvalue weighted by Gasteiger charge is 2.36. The van der Waals surface area contributed by atoms with E-state index in [0.29, 0.717) is 12.6 Å². The van der Waals surface area contributed by atoms with Crippen LogP contribution >= 0.6 is 0 Å². The van der Waals surface area contributed by atoms with Crippen LogP contribution in [0.5, 0.6) is 0 Å². The first kappa shape index (κ1) is 14.4. The van der Waals surface area contributed by atoms with Crippen LogP contribution in [0.4, 0.5) is 4.39 Å². The second-order valence-electron chi connectivity index (χ2n) is 5.60. The molecule has 0 saturated carbocycles. The van der Waals surface area contributed by atoms with Crippen LogP contribution in [0.15, 0.2) is 24.3 Å². The number of benzene rings is 1. The Kier molecular flexibility index (Phi) is 4.55. The van der Waals surface area contributed by atoms with Gasteiger partial charge in [-0.25, -0.2) is 4.39 Å². The lowest BCUT2D eigenvalue weighted by Crippen LogP contribution is -2.52. The third kappa shape index (κ3) is 3.32. The quantitative estimate of drug-likeness (QED) is 0.883. The molecule has 0 aliphatic carbocycles. The summed E-state index contributed by atoms with van der Waals surface area (Å²) < 4.78 is 18.4. The first-order chi connectivity index (χ1) is 9.07. The molecule has 0 aromatic heterocycles. The van der Waals surface area contributed by atoms with Crippen molar-refractivity contribution in [2.75, 3.05) is 26.7 Å². The van der Waals surface area contributed by atoms with Gasteiger partial charge in [-0.1, -0.05) is 12.1 Å². The molecule has 1 aliphatic heterocycles. The number of halogens is 1. The van der Waals surface area contributed by atoms with E-state index in [9.17, 15) is 4.39 Å². The van der Waals surface area contributed by atoms with Gasteiger partial charge < -0.3 is 10.5 Å². The summed E-state index contributed by atoms with van der Waals surface area (Å²) in [6.07, 6.45) is 2.19. The summed E-state index contributed by atoms with van der Waals surface area (Å²) in [5, 5.41) is 0. The van der Waals surface area contributed by atoms with Crippen molar-refractivity contribution in [2.45, 2.75) is 31.4 Å². The Morgan fingerprint density at radius 1 is 1.42 bits per heavy atom. The van der Waals surface area contributed by atoms with Crippen LogP contribution in [0.3, 0.4) is 0 Å². The number of hydrogen-bond donors (Lipinski definition) is 1. The van der Waals surface area contributed by atoms with Gasteiger partial charge >= 0.3 is 0 Å². The number of nitrogens with two attached hydrogens (primary N) is 1. The monoisotopic (exact) mass is 266 g/mol. The molecule has 1 heterocycles. The first-order valence-corrected chi connectivity index (χ1v) is 6.80. The molecular formula is C15H23FN2O. The minimum absolute atomic E-state index is 0.0922. The fraction of sp³-hybridized carbons (Fsp3) is 0.600. The second kappa shape index (κ2) is 5.99. The topological polar surface area (TPSA) is 38.5 Å². The van der Waals surface area contributed by atoms with E-state index in [-0.39, 0.29) is 11.4 Å². The van der Waals surface area contributed by atoms with Gasteiger partial charge in [-0.05, 0) is 37.5 Å². The SMILES string of the molecule is COC1CCN(C(C)(CN)Cc2ccc(F)cc2)C1. The van der Waals surface area contributed by atoms with E-state index in [4.69, 9.17) is 10.5 Å². The van der Waals surface area contributed by atoms with Gasteiger partial charge in [-0.2, -0.15) is 0 Å². The summed E-state index contributed by atoms with van der Waals surface area (Å²) >= 11 is 0. The molecule has 3 nitrogen and oxygen atoms in total. The van der Waals surface area contributed by atoms with Crippen molar-refractivity contribution < 1.29 is 9.13 Å². The van der Waals surface area contributed by atoms with Crippen molar-refractivity contribution in [1.82, 2.24) is 4.90 Å². The minimum Gasteiger partial charge on any atom is -0.380 e. The fourth-order valence-electron chi connectivity index (χ4n) is 2.77. The predicted molar refractivity (Wildman–Crippen MR) is 74.6 cm³/mol. The molecule has 19 heavy (non-hydrogen) atoms. The molecule has 2 unspecified atom stereocenters. The number of rotatable bonds is 5. The minimum atomic E-state index is -0.196. The number of methoxy groups -OCH3 is 1. The molecule has 0 radical (unpaired) electrons. The number of ether oxygens (including phenoxy) is 1. The molecule has 1 fully saturated rings. The predicted octanol–water partition coefficient (Wildman–Crippen LogP) is 1.81. The van der Waals surface area contributed by atoms with Gasteiger partial charge in [0.1, 0.15) is 5.82 Å². The molecular weight excluding hydrogens is 243 g/mol. The van der Waals surface area contributed by atoms with Crippen LogP contribution in [-0.4, -0.2) is 43.3 Å². The Morgan fingerprint density at radius 3 is 2.63 bits per heavy atom. The van der Waals surface area contributed by atoms with Crippen molar-refractivity contribution >= 4 is 0 Å². The summed E-state index contributed by atoms with van der Waals surface area (Å²) in [6, 6.07) is 6.70. The average Bonchev–Trinajstić information content (AvgIpc) is 2.91. The summed E-state index contributed by atoms with van der Waals surface area (Å²) in [7, 11) is 1.76. The Labute approximate surface area is 114 Å². The summed E-state index contributed by atoms with van der Waals surface area (Å²) in [5.74, 6) is -0.196. The fourth-order valence-corrected chi connectivity index (χ4v) is 2.77. The molecule has 1 aliphatic rings. The van der Waals surface area contributed by atoms with Gasteiger partial charge in [-0.3, -0.25) is 4.90 Å². The van der Waals surface area contributed by atoms with E-state index in [0.717, 1.165) is 31.5 Å². The van der Waals surface area contributed by atoms with Crippen molar-refractivity contribution in [3.05, 3.63) is 35.6 Å². The van der Waals surface area contributed by atoms with Crippen LogP contribution in [0.25, 0.3) is 0 Å². The maximum absolute atomic E-state index is 12.9. The largest absolute Gasteiger partial charge is 0.380 e. The van der Waals surface area contributed by atoms with Crippen LogP contribution in [-0.2, 0) is 11.2 Å². The summed E-state index contributed by atoms with van der Waals surface area (Å²) in [4.78, 5) is 2.39. The van der Waals surface area contributed by atoms with Crippen molar-refractivity contribution in [2.24, 2.45) is 5.73 Å². The van der Waals surface area contributed by atoms with E-state index in [1.807, 2.05) is 12.1 Å². The molecule has 1 aromatic carbocycles. The van der Waals surface area contributed by atoms with Crippen molar-refractivity contribution in [1.29, 1.82) is 0 Å². The normalized spacial score (nSPS) is 23.5. The van der Waals surface area contributed by atoms with Gasteiger partial charge in [0.05, 0.1) is 6.10 Å². The van der Waals surface area contributed by atoms with Gasteiger partial charge in [0, 0.05) is 32.3 Å². The van der Waals surface area contributed by atoms with E-state index < -0.39 is 0 Å². The smallest absolute Gasteiger partial charge is 0.123 e. The third-order valence-corrected chi connectivity index (χ3v) is 4.18. The molecule has 2 atom stereocenters. The molecule has 1 saturated heterocycles. The van der Waals surface area contributed by atoms with Gasteiger partial charge in [0.2, 0.25) is 0 Å². The van der Waals surface area contributed by atoms with E-state index in [1.165, 1.54) is 12.1 Å². The average molecular weight is 266 g/mol. The highest BCUT2D eigenvalue weighted by atomic mass is 19.1. The zero-order valence-corrected chi connectivity index (χ0v) is 11.7. The standard InChI is InChI=1S/C15H23FN2O/c1-15(11-17,18-8-7-14(10-18)19-2)9-12-3-5-13(16)6-4-12/h3-6,14H,7-11,17H2,1-2H3. The Hall–Kier alpha value is -0.970. The summed E-state index contributed by atoms with van der Waals surface area (Å²) in [6.45, 7) is 4.69.